The normalized spacial score (nSPS) is 10.4. The molecular weight excluding hydrogens is 293 g/mol. The second-order valence-electron chi connectivity index (χ2n) is 3.61. The van der Waals surface area contributed by atoms with Crippen LogP contribution in [0.1, 0.15) is 11.3 Å². The SMILES string of the molecule is ClCc1ccc(OCc2c(Cl)cccc2Cl)cn1. The van der Waals surface area contributed by atoms with Gasteiger partial charge in [0.05, 0.1) is 17.8 Å². The summed E-state index contributed by atoms with van der Waals surface area (Å²) < 4.78 is 5.58. The molecule has 2 nitrogen and oxygen atoms in total. The average molecular weight is 303 g/mol. The minimum absolute atomic E-state index is 0.306. The van der Waals surface area contributed by atoms with Crippen molar-refractivity contribution < 1.29 is 4.74 Å². The number of rotatable bonds is 4. The Kier molecular flexibility index (Phi) is 4.70. The second-order valence-corrected chi connectivity index (χ2v) is 4.69. The number of alkyl halides is 1. The lowest BCUT2D eigenvalue weighted by Gasteiger charge is -2.09. The number of ether oxygens (including phenoxy) is 1. The number of nitrogens with zero attached hydrogens (tertiary/aromatic N) is 1. The average Bonchev–Trinajstić information content (AvgIpc) is 2.39. The number of benzene rings is 1. The van der Waals surface area contributed by atoms with Crippen molar-refractivity contribution in [3.05, 3.63) is 57.8 Å². The van der Waals surface area contributed by atoms with Crippen LogP contribution in [0.2, 0.25) is 10.0 Å². The quantitative estimate of drug-likeness (QED) is 0.763. The molecule has 0 aliphatic heterocycles. The summed E-state index contributed by atoms with van der Waals surface area (Å²) in [4.78, 5) is 4.13. The summed E-state index contributed by atoms with van der Waals surface area (Å²) in [6, 6.07) is 8.99. The van der Waals surface area contributed by atoms with Crippen LogP contribution in [-0.4, -0.2) is 4.98 Å². The van der Waals surface area contributed by atoms with Crippen LogP contribution in [0.5, 0.6) is 5.75 Å². The first-order valence-electron chi connectivity index (χ1n) is 5.27. The predicted octanol–water partition coefficient (Wildman–Crippen LogP) is 4.71. The molecule has 18 heavy (non-hydrogen) atoms. The highest BCUT2D eigenvalue weighted by atomic mass is 35.5. The number of hydrogen-bond donors (Lipinski definition) is 0. The zero-order valence-corrected chi connectivity index (χ0v) is 11.6. The molecule has 0 aliphatic rings. The third-order valence-electron chi connectivity index (χ3n) is 2.38. The van der Waals surface area contributed by atoms with Crippen molar-refractivity contribution in [3.63, 3.8) is 0 Å². The maximum absolute atomic E-state index is 6.05. The van der Waals surface area contributed by atoms with E-state index in [9.17, 15) is 0 Å². The summed E-state index contributed by atoms with van der Waals surface area (Å²) in [7, 11) is 0. The van der Waals surface area contributed by atoms with Gasteiger partial charge in [-0.1, -0.05) is 29.3 Å². The predicted molar refractivity (Wildman–Crippen MR) is 74.6 cm³/mol. The van der Waals surface area contributed by atoms with Gasteiger partial charge in [0.2, 0.25) is 0 Å². The molecular formula is C13H10Cl3NO. The lowest BCUT2D eigenvalue weighted by Crippen LogP contribution is -1.98. The van der Waals surface area contributed by atoms with E-state index in [1.807, 2.05) is 12.1 Å². The molecule has 0 aliphatic carbocycles. The minimum atomic E-state index is 0.306. The first kappa shape index (κ1) is 13.5. The van der Waals surface area contributed by atoms with E-state index in [-0.39, 0.29) is 0 Å². The highest BCUT2D eigenvalue weighted by Crippen LogP contribution is 2.25. The van der Waals surface area contributed by atoms with Crippen LogP contribution < -0.4 is 4.74 Å². The second kappa shape index (κ2) is 6.28. The molecule has 0 N–H and O–H groups in total. The molecule has 1 heterocycles. The van der Waals surface area contributed by atoms with E-state index in [0.29, 0.717) is 28.3 Å². The van der Waals surface area contributed by atoms with Gasteiger partial charge in [-0.15, -0.1) is 11.6 Å². The smallest absolute Gasteiger partial charge is 0.138 e. The van der Waals surface area contributed by atoms with Crippen LogP contribution in [0.3, 0.4) is 0 Å². The lowest BCUT2D eigenvalue weighted by atomic mass is 10.2. The molecule has 0 fully saturated rings. The fourth-order valence-electron chi connectivity index (χ4n) is 1.40. The molecule has 0 saturated carbocycles. The molecule has 94 valence electrons. The van der Waals surface area contributed by atoms with E-state index in [1.54, 1.807) is 24.4 Å². The van der Waals surface area contributed by atoms with Crippen molar-refractivity contribution >= 4 is 34.8 Å². The van der Waals surface area contributed by atoms with Gasteiger partial charge in [-0.3, -0.25) is 4.98 Å². The van der Waals surface area contributed by atoms with E-state index in [0.717, 1.165) is 11.3 Å². The Hall–Kier alpha value is -0.960. The van der Waals surface area contributed by atoms with Crippen molar-refractivity contribution in [1.82, 2.24) is 4.98 Å². The fraction of sp³-hybridized carbons (Fsp3) is 0.154. The lowest BCUT2D eigenvalue weighted by molar-refractivity contribution is 0.305. The van der Waals surface area contributed by atoms with Crippen molar-refractivity contribution in [2.45, 2.75) is 12.5 Å². The summed E-state index contributed by atoms with van der Waals surface area (Å²) in [6.07, 6.45) is 1.63. The topological polar surface area (TPSA) is 22.1 Å². The molecule has 0 saturated heterocycles. The highest BCUT2D eigenvalue weighted by Gasteiger charge is 2.06. The molecule has 0 spiro atoms. The van der Waals surface area contributed by atoms with Crippen LogP contribution >= 0.6 is 34.8 Å². The van der Waals surface area contributed by atoms with E-state index in [4.69, 9.17) is 39.5 Å². The molecule has 2 rings (SSSR count). The van der Waals surface area contributed by atoms with Crippen LogP contribution in [0, 0.1) is 0 Å². The Morgan fingerprint density at radius 1 is 1.06 bits per heavy atom. The summed E-state index contributed by atoms with van der Waals surface area (Å²) in [5.41, 5.74) is 1.57. The van der Waals surface area contributed by atoms with Gasteiger partial charge < -0.3 is 4.74 Å². The first-order valence-corrected chi connectivity index (χ1v) is 6.56. The van der Waals surface area contributed by atoms with Crippen LogP contribution in [0.25, 0.3) is 0 Å². The summed E-state index contributed by atoms with van der Waals surface area (Å²) in [5, 5.41) is 1.18. The summed E-state index contributed by atoms with van der Waals surface area (Å²) in [5.74, 6) is 1.04. The number of aromatic nitrogens is 1. The molecule has 0 radical (unpaired) electrons. The van der Waals surface area contributed by atoms with Gasteiger partial charge in [-0.25, -0.2) is 0 Å². The van der Waals surface area contributed by atoms with Gasteiger partial charge in [0.1, 0.15) is 12.4 Å². The zero-order chi connectivity index (χ0) is 13.0. The Morgan fingerprint density at radius 2 is 1.78 bits per heavy atom. The monoisotopic (exact) mass is 301 g/mol. The van der Waals surface area contributed by atoms with E-state index < -0.39 is 0 Å². The summed E-state index contributed by atoms with van der Waals surface area (Å²) >= 11 is 17.7. The van der Waals surface area contributed by atoms with Crippen molar-refractivity contribution in [2.24, 2.45) is 0 Å². The standard InChI is InChI=1S/C13H10Cl3NO/c14-6-9-4-5-10(7-17-9)18-8-11-12(15)2-1-3-13(11)16/h1-5,7H,6,8H2. The third-order valence-corrected chi connectivity index (χ3v) is 3.36. The Balaban J connectivity index is 2.06. The molecule has 1 aromatic carbocycles. The molecule has 0 bridgehead atoms. The molecule has 0 unspecified atom stereocenters. The largest absolute Gasteiger partial charge is 0.487 e. The highest BCUT2D eigenvalue weighted by molar-refractivity contribution is 6.35. The van der Waals surface area contributed by atoms with E-state index in [2.05, 4.69) is 4.98 Å². The van der Waals surface area contributed by atoms with Gasteiger partial charge in [0, 0.05) is 15.6 Å². The number of hydrogen-bond acceptors (Lipinski definition) is 2. The van der Waals surface area contributed by atoms with Gasteiger partial charge in [-0.05, 0) is 24.3 Å². The maximum atomic E-state index is 6.05. The number of pyridine rings is 1. The van der Waals surface area contributed by atoms with Crippen molar-refractivity contribution in [3.8, 4) is 5.75 Å². The van der Waals surface area contributed by atoms with Crippen molar-refractivity contribution in [1.29, 1.82) is 0 Å². The van der Waals surface area contributed by atoms with Crippen LogP contribution in [0.15, 0.2) is 36.5 Å². The molecule has 2 aromatic rings. The Labute approximate surface area is 120 Å². The molecule has 1 aromatic heterocycles. The first-order chi connectivity index (χ1) is 8.70. The van der Waals surface area contributed by atoms with Gasteiger partial charge in [-0.2, -0.15) is 0 Å². The van der Waals surface area contributed by atoms with Crippen LogP contribution in [0.4, 0.5) is 0 Å². The summed E-state index contributed by atoms with van der Waals surface area (Å²) in [6.45, 7) is 0.306. The van der Waals surface area contributed by atoms with Crippen molar-refractivity contribution in [2.75, 3.05) is 0 Å². The zero-order valence-electron chi connectivity index (χ0n) is 9.37. The molecule has 5 heteroatoms. The minimum Gasteiger partial charge on any atom is -0.487 e. The third kappa shape index (κ3) is 3.29. The van der Waals surface area contributed by atoms with E-state index in [1.165, 1.54) is 0 Å². The Bertz CT molecular complexity index is 508. The van der Waals surface area contributed by atoms with Gasteiger partial charge in [0.25, 0.3) is 0 Å². The number of halogens is 3. The molecule has 0 atom stereocenters. The van der Waals surface area contributed by atoms with Crippen LogP contribution in [-0.2, 0) is 12.5 Å². The van der Waals surface area contributed by atoms with Gasteiger partial charge >= 0.3 is 0 Å². The maximum Gasteiger partial charge on any atom is 0.138 e. The van der Waals surface area contributed by atoms with Gasteiger partial charge in [0.15, 0.2) is 0 Å². The fourth-order valence-corrected chi connectivity index (χ4v) is 2.07. The Morgan fingerprint density at radius 3 is 2.33 bits per heavy atom. The van der Waals surface area contributed by atoms with E-state index >= 15 is 0 Å². The molecule has 0 amide bonds.